The highest BCUT2D eigenvalue weighted by Crippen LogP contribution is 2.27. The molecule has 0 atom stereocenters. The second-order valence-corrected chi connectivity index (χ2v) is 5.89. The van der Waals surface area contributed by atoms with Crippen LogP contribution in [0.15, 0.2) is 35.1 Å². The van der Waals surface area contributed by atoms with Gasteiger partial charge in [-0.15, -0.1) is 0 Å². The minimum atomic E-state index is -0.125. The normalized spacial score (nSPS) is 14.1. The molecule has 5 heteroatoms. The molecule has 1 aromatic heterocycles. The molecule has 3 rings (SSSR count). The number of fused-ring (bicyclic) bond motifs is 1. The number of ketones is 1. The molecule has 0 unspecified atom stereocenters. The van der Waals surface area contributed by atoms with Crippen LogP contribution in [0.4, 0.5) is 0 Å². The highest BCUT2D eigenvalue weighted by atomic mass is 35.5. The first-order chi connectivity index (χ1) is 10.1. The molecule has 0 aliphatic heterocycles. The summed E-state index contributed by atoms with van der Waals surface area (Å²) >= 11 is 12.2. The molecule has 0 spiro atoms. The van der Waals surface area contributed by atoms with Gasteiger partial charge in [-0.2, -0.15) is 0 Å². The Hall–Kier alpha value is -1.58. The first-order valence-electron chi connectivity index (χ1n) is 6.77. The maximum absolute atomic E-state index is 12.2. The Balaban J connectivity index is 2.11. The maximum Gasteiger partial charge on any atom is 0.251 e. The molecule has 3 nitrogen and oxygen atoms in total. The Bertz CT molecular complexity index is 780. The third-order valence-electron chi connectivity index (χ3n) is 3.77. The Morgan fingerprint density at radius 1 is 1.05 bits per heavy atom. The van der Waals surface area contributed by atoms with E-state index >= 15 is 0 Å². The first-order valence-corrected chi connectivity index (χ1v) is 7.52. The van der Waals surface area contributed by atoms with Crippen LogP contribution in [-0.2, 0) is 13.0 Å². The predicted molar refractivity (Wildman–Crippen MR) is 83.5 cm³/mol. The average molecular weight is 322 g/mol. The van der Waals surface area contributed by atoms with E-state index in [4.69, 9.17) is 23.2 Å². The third-order valence-corrected chi connectivity index (χ3v) is 4.63. The quantitative estimate of drug-likeness (QED) is 0.845. The van der Waals surface area contributed by atoms with E-state index in [1.807, 2.05) is 6.07 Å². The van der Waals surface area contributed by atoms with Crippen LogP contribution in [0.2, 0.25) is 10.0 Å². The summed E-state index contributed by atoms with van der Waals surface area (Å²) in [5.41, 5.74) is 2.10. The summed E-state index contributed by atoms with van der Waals surface area (Å²) in [6.45, 7) is 0.328. The summed E-state index contributed by atoms with van der Waals surface area (Å²) in [5, 5.41) is 0.911. The van der Waals surface area contributed by atoms with Crippen LogP contribution < -0.4 is 5.56 Å². The van der Waals surface area contributed by atoms with E-state index in [2.05, 4.69) is 0 Å². The largest absolute Gasteiger partial charge is 0.307 e. The Morgan fingerprint density at radius 3 is 2.67 bits per heavy atom. The Labute approximate surface area is 132 Å². The number of carbonyl (C=O) groups is 1. The number of hydrogen-bond donors (Lipinski definition) is 0. The van der Waals surface area contributed by atoms with Gasteiger partial charge >= 0.3 is 0 Å². The molecular formula is C16H13Cl2NO2. The lowest BCUT2D eigenvalue weighted by Crippen LogP contribution is -2.28. The van der Waals surface area contributed by atoms with Gasteiger partial charge < -0.3 is 4.57 Å². The fourth-order valence-corrected chi connectivity index (χ4v) is 3.09. The lowest BCUT2D eigenvalue weighted by Gasteiger charge is -2.20. The molecule has 2 aromatic rings. The smallest absolute Gasteiger partial charge is 0.251 e. The fraction of sp³-hybridized carbons (Fsp3) is 0.250. The zero-order valence-electron chi connectivity index (χ0n) is 11.2. The molecule has 108 valence electrons. The predicted octanol–water partition coefficient (Wildman–Crippen LogP) is 3.72. The number of benzene rings is 1. The molecular weight excluding hydrogens is 309 g/mol. The lowest BCUT2D eigenvalue weighted by atomic mass is 9.94. The third kappa shape index (κ3) is 2.63. The van der Waals surface area contributed by atoms with Crippen molar-refractivity contribution in [1.82, 2.24) is 4.57 Å². The minimum absolute atomic E-state index is 0.0993. The van der Waals surface area contributed by atoms with Crippen molar-refractivity contribution in [1.29, 1.82) is 0 Å². The van der Waals surface area contributed by atoms with Gasteiger partial charge in [0.2, 0.25) is 0 Å². The zero-order valence-corrected chi connectivity index (χ0v) is 12.7. The van der Waals surface area contributed by atoms with Crippen LogP contribution in [0, 0.1) is 0 Å². The Morgan fingerprint density at radius 2 is 1.86 bits per heavy atom. The number of aromatic nitrogens is 1. The van der Waals surface area contributed by atoms with Crippen LogP contribution in [-0.4, -0.2) is 10.4 Å². The van der Waals surface area contributed by atoms with Crippen molar-refractivity contribution >= 4 is 29.0 Å². The number of halogens is 2. The number of hydrogen-bond acceptors (Lipinski definition) is 2. The van der Waals surface area contributed by atoms with Crippen molar-refractivity contribution in [3.05, 3.63) is 67.6 Å². The summed E-state index contributed by atoms with van der Waals surface area (Å²) < 4.78 is 1.63. The fourth-order valence-electron chi connectivity index (χ4n) is 2.71. The van der Waals surface area contributed by atoms with E-state index in [9.17, 15) is 9.59 Å². The van der Waals surface area contributed by atoms with Crippen molar-refractivity contribution in [2.75, 3.05) is 0 Å². The molecule has 0 radical (unpaired) electrons. The van der Waals surface area contributed by atoms with Gasteiger partial charge in [-0.1, -0.05) is 35.3 Å². The second-order valence-electron chi connectivity index (χ2n) is 5.11. The van der Waals surface area contributed by atoms with E-state index in [1.54, 1.807) is 22.8 Å². The summed E-state index contributed by atoms with van der Waals surface area (Å²) in [6.07, 6.45) is 2.05. The highest BCUT2D eigenvalue weighted by Gasteiger charge is 2.21. The van der Waals surface area contributed by atoms with Gasteiger partial charge in [0.25, 0.3) is 5.56 Å². The van der Waals surface area contributed by atoms with Crippen LogP contribution >= 0.6 is 23.2 Å². The van der Waals surface area contributed by atoms with Gasteiger partial charge in [-0.3, -0.25) is 9.59 Å². The van der Waals surface area contributed by atoms with Gasteiger partial charge in [0.15, 0.2) is 5.78 Å². The van der Waals surface area contributed by atoms with Gasteiger partial charge in [-0.05, 0) is 30.5 Å². The number of rotatable bonds is 2. The van der Waals surface area contributed by atoms with Gasteiger partial charge in [-0.25, -0.2) is 0 Å². The van der Waals surface area contributed by atoms with Gasteiger partial charge in [0.05, 0.1) is 16.6 Å². The number of carbonyl (C=O) groups excluding carboxylic acids is 1. The number of Topliss-reactive ketones (excluding diaryl/α,β-unsaturated/α-hetero) is 1. The molecule has 1 aliphatic carbocycles. The van der Waals surface area contributed by atoms with E-state index < -0.39 is 0 Å². The van der Waals surface area contributed by atoms with E-state index in [-0.39, 0.29) is 11.3 Å². The van der Waals surface area contributed by atoms with Crippen LogP contribution in [0.3, 0.4) is 0 Å². The minimum Gasteiger partial charge on any atom is -0.307 e. The van der Waals surface area contributed by atoms with Crippen molar-refractivity contribution in [2.24, 2.45) is 0 Å². The van der Waals surface area contributed by atoms with Crippen molar-refractivity contribution in [3.63, 3.8) is 0 Å². The van der Waals surface area contributed by atoms with Crippen LogP contribution in [0.25, 0.3) is 0 Å². The highest BCUT2D eigenvalue weighted by molar-refractivity contribution is 6.42. The van der Waals surface area contributed by atoms with E-state index in [0.29, 0.717) is 28.6 Å². The van der Waals surface area contributed by atoms with Crippen LogP contribution in [0.1, 0.15) is 34.5 Å². The SMILES string of the molecule is O=C1CCCc2c1ccc(=O)n2Cc1cccc(Cl)c1Cl. The topological polar surface area (TPSA) is 39.1 Å². The molecule has 1 heterocycles. The van der Waals surface area contributed by atoms with E-state index in [1.165, 1.54) is 6.07 Å². The lowest BCUT2D eigenvalue weighted by molar-refractivity contribution is 0.0970. The second kappa shape index (κ2) is 5.66. The standard InChI is InChI=1S/C16H13Cl2NO2/c17-12-4-1-3-10(16(12)18)9-19-13-5-2-6-14(20)11(13)7-8-15(19)21/h1,3-4,7-8H,2,5-6,9H2. The molecule has 0 fully saturated rings. The molecule has 0 N–H and O–H groups in total. The first kappa shape index (κ1) is 14.4. The molecule has 21 heavy (non-hydrogen) atoms. The average Bonchev–Trinajstić information content (AvgIpc) is 2.47. The zero-order chi connectivity index (χ0) is 15.0. The summed E-state index contributed by atoms with van der Waals surface area (Å²) in [7, 11) is 0. The van der Waals surface area contributed by atoms with E-state index in [0.717, 1.165) is 24.1 Å². The molecule has 0 amide bonds. The van der Waals surface area contributed by atoms with Crippen molar-refractivity contribution in [2.45, 2.75) is 25.8 Å². The molecule has 0 saturated carbocycles. The molecule has 0 saturated heterocycles. The van der Waals surface area contributed by atoms with Crippen molar-refractivity contribution in [3.8, 4) is 0 Å². The maximum atomic E-state index is 12.2. The van der Waals surface area contributed by atoms with Crippen LogP contribution in [0.5, 0.6) is 0 Å². The van der Waals surface area contributed by atoms with Gasteiger partial charge in [0, 0.05) is 23.7 Å². The summed E-state index contributed by atoms with van der Waals surface area (Å²) in [6, 6.07) is 8.43. The van der Waals surface area contributed by atoms with Gasteiger partial charge in [0.1, 0.15) is 0 Å². The van der Waals surface area contributed by atoms with Crippen molar-refractivity contribution < 1.29 is 4.79 Å². The number of nitrogens with zero attached hydrogens (tertiary/aromatic N) is 1. The number of pyridine rings is 1. The molecule has 1 aliphatic rings. The monoisotopic (exact) mass is 321 g/mol. The molecule has 1 aromatic carbocycles. The Kier molecular flexibility index (Phi) is 3.87. The molecule has 0 bridgehead atoms. The summed E-state index contributed by atoms with van der Waals surface area (Å²) in [5.74, 6) is 0.0993. The summed E-state index contributed by atoms with van der Waals surface area (Å²) in [4.78, 5) is 24.1.